The number of rotatable bonds is 5. The fourth-order valence-corrected chi connectivity index (χ4v) is 3.31. The van der Waals surface area contributed by atoms with Gasteiger partial charge in [0.05, 0.1) is 0 Å². The van der Waals surface area contributed by atoms with Crippen LogP contribution < -0.4 is 11.1 Å². The van der Waals surface area contributed by atoms with Crippen LogP contribution >= 0.6 is 12.4 Å². The van der Waals surface area contributed by atoms with Crippen molar-refractivity contribution in [3.63, 3.8) is 0 Å². The lowest BCUT2D eigenvalue weighted by Crippen LogP contribution is -2.37. The molecule has 1 aliphatic heterocycles. The van der Waals surface area contributed by atoms with Gasteiger partial charge in [-0.05, 0) is 48.9 Å². The highest BCUT2D eigenvalue weighted by Gasteiger charge is 2.31. The van der Waals surface area contributed by atoms with Gasteiger partial charge < -0.3 is 16.0 Å². The average Bonchev–Trinajstić information content (AvgIpc) is 2.95. The highest BCUT2D eigenvalue weighted by Crippen LogP contribution is 2.23. The van der Waals surface area contributed by atoms with Crippen LogP contribution in [0.4, 0.5) is 0 Å². The van der Waals surface area contributed by atoms with Gasteiger partial charge in [0, 0.05) is 31.1 Å². The molecule has 1 aromatic rings. The maximum atomic E-state index is 12.3. The summed E-state index contributed by atoms with van der Waals surface area (Å²) >= 11 is 0. The molecule has 6 heteroatoms. The molecule has 1 saturated heterocycles. The molecule has 0 aromatic heterocycles. The van der Waals surface area contributed by atoms with Gasteiger partial charge in [-0.25, -0.2) is 0 Å². The van der Waals surface area contributed by atoms with Crippen LogP contribution in [-0.4, -0.2) is 42.4 Å². The molecule has 146 valence electrons. The first-order valence-corrected chi connectivity index (χ1v) is 9.10. The smallest absolute Gasteiger partial charge is 0.251 e. The third kappa shape index (κ3) is 5.71. The van der Waals surface area contributed by atoms with Crippen LogP contribution in [0.15, 0.2) is 24.3 Å². The van der Waals surface area contributed by atoms with Crippen LogP contribution in [-0.2, 0) is 10.2 Å². The first-order chi connectivity index (χ1) is 11.7. The molecule has 26 heavy (non-hydrogen) atoms. The minimum absolute atomic E-state index is 0. The van der Waals surface area contributed by atoms with Crippen LogP contribution in [0.3, 0.4) is 0 Å². The summed E-state index contributed by atoms with van der Waals surface area (Å²) < 4.78 is 0. The number of hydrogen-bond donors (Lipinski definition) is 2. The Morgan fingerprint density at radius 1 is 1.23 bits per heavy atom. The maximum absolute atomic E-state index is 12.3. The molecule has 0 saturated carbocycles. The summed E-state index contributed by atoms with van der Waals surface area (Å²) in [6, 6.07) is 7.89. The highest BCUT2D eigenvalue weighted by atomic mass is 35.5. The normalized spacial score (nSPS) is 19.8. The Kier molecular flexibility index (Phi) is 8.10. The number of nitrogens with one attached hydrogen (secondary N) is 1. The number of carbonyl (C=O) groups excluding carboxylic acids is 2. The summed E-state index contributed by atoms with van der Waals surface area (Å²) in [4.78, 5) is 26.4. The second-order valence-electron chi connectivity index (χ2n) is 8.07. The largest absolute Gasteiger partial charge is 0.352 e. The van der Waals surface area contributed by atoms with Crippen molar-refractivity contribution in [2.24, 2.45) is 11.7 Å². The van der Waals surface area contributed by atoms with E-state index in [2.05, 4.69) is 33.0 Å². The van der Waals surface area contributed by atoms with Crippen molar-refractivity contribution >= 4 is 24.2 Å². The van der Waals surface area contributed by atoms with Crippen molar-refractivity contribution in [2.75, 3.05) is 19.6 Å². The molecule has 1 fully saturated rings. The number of nitrogens with zero attached hydrogens (tertiary/aromatic N) is 1. The highest BCUT2D eigenvalue weighted by molar-refractivity contribution is 5.94. The van der Waals surface area contributed by atoms with Gasteiger partial charge in [-0.2, -0.15) is 0 Å². The van der Waals surface area contributed by atoms with E-state index in [0.29, 0.717) is 31.0 Å². The van der Waals surface area contributed by atoms with Crippen molar-refractivity contribution in [1.29, 1.82) is 0 Å². The van der Waals surface area contributed by atoms with E-state index in [0.717, 1.165) is 13.0 Å². The fraction of sp³-hybridized carbons (Fsp3) is 0.600. The van der Waals surface area contributed by atoms with E-state index < -0.39 is 0 Å². The first kappa shape index (κ1) is 22.5. The van der Waals surface area contributed by atoms with Crippen LogP contribution in [0.5, 0.6) is 0 Å². The lowest BCUT2D eigenvalue weighted by atomic mass is 9.87. The zero-order valence-electron chi connectivity index (χ0n) is 16.2. The van der Waals surface area contributed by atoms with E-state index in [4.69, 9.17) is 5.73 Å². The van der Waals surface area contributed by atoms with Crippen molar-refractivity contribution < 1.29 is 9.59 Å². The van der Waals surface area contributed by atoms with Gasteiger partial charge in [-0.3, -0.25) is 9.59 Å². The molecule has 0 bridgehead atoms. The molecule has 2 unspecified atom stereocenters. The molecule has 2 rings (SSSR count). The monoisotopic (exact) mass is 381 g/mol. The summed E-state index contributed by atoms with van der Waals surface area (Å²) in [6.45, 7) is 10.2. The maximum Gasteiger partial charge on any atom is 0.251 e. The van der Waals surface area contributed by atoms with Crippen LogP contribution in [0.1, 0.15) is 56.5 Å². The molecule has 5 nitrogen and oxygen atoms in total. The molecule has 1 aliphatic rings. The van der Waals surface area contributed by atoms with Crippen molar-refractivity contribution in [3.05, 3.63) is 35.4 Å². The van der Waals surface area contributed by atoms with E-state index in [9.17, 15) is 9.59 Å². The molecule has 2 amide bonds. The molecule has 1 heterocycles. The Hall–Kier alpha value is -1.59. The van der Waals surface area contributed by atoms with Crippen LogP contribution in [0, 0.1) is 5.92 Å². The third-order valence-electron chi connectivity index (χ3n) is 4.95. The minimum atomic E-state index is -0.137. The van der Waals surface area contributed by atoms with Crippen molar-refractivity contribution in [3.8, 4) is 0 Å². The molecule has 0 spiro atoms. The van der Waals surface area contributed by atoms with E-state index >= 15 is 0 Å². The number of halogens is 1. The molecular formula is C20H32ClN3O2. The zero-order chi connectivity index (χ0) is 18.6. The summed E-state index contributed by atoms with van der Waals surface area (Å²) in [7, 11) is 0. The Labute approximate surface area is 163 Å². The summed E-state index contributed by atoms with van der Waals surface area (Å²) in [5.74, 6) is 0.351. The minimum Gasteiger partial charge on any atom is -0.352 e. The predicted molar refractivity (Wildman–Crippen MR) is 108 cm³/mol. The number of nitrogens with two attached hydrogens (primary N) is 1. The average molecular weight is 382 g/mol. The van der Waals surface area contributed by atoms with Crippen LogP contribution in [0.2, 0.25) is 0 Å². The summed E-state index contributed by atoms with van der Waals surface area (Å²) in [5, 5.41) is 2.84. The van der Waals surface area contributed by atoms with Gasteiger partial charge >= 0.3 is 0 Å². The second-order valence-corrected chi connectivity index (χ2v) is 8.07. The fourth-order valence-electron chi connectivity index (χ4n) is 3.31. The van der Waals surface area contributed by atoms with Gasteiger partial charge in [0.2, 0.25) is 5.91 Å². The van der Waals surface area contributed by atoms with Crippen molar-refractivity contribution in [2.45, 2.75) is 52.0 Å². The van der Waals surface area contributed by atoms with Crippen LogP contribution in [0.25, 0.3) is 0 Å². The van der Waals surface area contributed by atoms with E-state index in [1.54, 1.807) is 0 Å². The Bertz CT molecular complexity index is 610. The molecule has 0 aliphatic carbocycles. The Morgan fingerprint density at radius 3 is 2.35 bits per heavy atom. The first-order valence-electron chi connectivity index (χ1n) is 9.10. The standard InChI is InChI=1S/C20H31N3O2.ClH/c1-14-11-15(12-21)13-23(14)18(24)9-10-22-19(25)16-5-7-17(8-6-16)20(2,3)4;/h5-8,14-15H,9-13,21H2,1-4H3,(H,22,25);1H. The molecule has 3 N–H and O–H groups in total. The number of amides is 2. The Balaban J connectivity index is 0.00000338. The number of carbonyl (C=O) groups is 2. The number of benzene rings is 1. The quantitative estimate of drug-likeness (QED) is 0.823. The lowest BCUT2D eigenvalue weighted by molar-refractivity contribution is -0.131. The summed E-state index contributed by atoms with van der Waals surface area (Å²) in [5.41, 5.74) is 7.58. The number of hydrogen-bond acceptors (Lipinski definition) is 3. The zero-order valence-corrected chi connectivity index (χ0v) is 17.1. The molecular weight excluding hydrogens is 350 g/mol. The third-order valence-corrected chi connectivity index (χ3v) is 4.95. The lowest BCUT2D eigenvalue weighted by Gasteiger charge is -2.21. The topological polar surface area (TPSA) is 75.4 Å². The van der Waals surface area contributed by atoms with E-state index in [1.165, 1.54) is 5.56 Å². The van der Waals surface area contributed by atoms with E-state index in [1.807, 2.05) is 29.2 Å². The molecule has 1 aromatic carbocycles. The molecule has 2 atom stereocenters. The van der Waals surface area contributed by atoms with Gasteiger partial charge in [-0.1, -0.05) is 32.9 Å². The summed E-state index contributed by atoms with van der Waals surface area (Å²) in [6.07, 6.45) is 1.29. The van der Waals surface area contributed by atoms with Gasteiger partial charge in [-0.15, -0.1) is 12.4 Å². The van der Waals surface area contributed by atoms with Crippen molar-refractivity contribution in [1.82, 2.24) is 10.2 Å². The molecule has 0 radical (unpaired) electrons. The SMILES string of the molecule is CC1CC(CN)CN1C(=O)CCNC(=O)c1ccc(C(C)(C)C)cc1.Cl. The van der Waals surface area contributed by atoms with Gasteiger partial charge in [0.25, 0.3) is 5.91 Å². The van der Waals surface area contributed by atoms with Gasteiger partial charge in [0.1, 0.15) is 0 Å². The second kappa shape index (κ2) is 9.38. The number of likely N-dealkylation sites (tertiary alicyclic amines) is 1. The van der Waals surface area contributed by atoms with E-state index in [-0.39, 0.29) is 35.7 Å². The Morgan fingerprint density at radius 2 is 1.85 bits per heavy atom. The predicted octanol–water partition coefficient (Wildman–Crippen LogP) is 2.72. The van der Waals surface area contributed by atoms with Gasteiger partial charge in [0.15, 0.2) is 0 Å².